The van der Waals surface area contributed by atoms with Crippen molar-refractivity contribution < 1.29 is 4.74 Å². The molecule has 0 aliphatic rings. The molecule has 0 saturated carbocycles. The van der Waals surface area contributed by atoms with Crippen LogP contribution in [0.2, 0.25) is 0 Å². The van der Waals surface area contributed by atoms with Crippen LogP contribution in [0, 0.1) is 0 Å². The summed E-state index contributed by atoms with van der Waals surface area (Å²) >= 11 is 0. The van der Waals surface area contributed by atoms with Crippen molar-refractivity contribution >= 4 is 0 Å². The summed E-state index contributed by atoms with van der Waals surface area (Å²) in [6, 6.07) is 0. The van der Waals surface area contributed by atoms with E-state index in [1.54, 1.807) is 7.11 Å². The number of ether oxygens (including phenoxy) is 1. The first-order chi connectivity index (χ1) is 6.76. The number of methoxy groups -OCH3 is 1. The lowest BCUT2D eigenvalue weighted by atomic mass is 10.1. The summed E-state index contributed by atoms with van der Waals surface area (Å²) < 4.78 is 5.44. The van der Waals surface area contributed by atoms with E-state index in [1.807, 2.05) is 0 Å². The van der Waals surface area contributed by atoms with E-state index < -0.39 is 0 Å². The van der Waals surface area contributed by atoms with Gasteiger partial charge in [-0.1, -0.05) is 32.1 Å². The van der Waals surface area contributed by atoms with Crippen molar-refractivity contribution in [3.8, 4) is 0 Å². The second-order valence-electron chi connectivity index (χ2n) is 3.54. The standard InChI is InChI=1S/C13H24O/c1-5-7-8-9-11-13(14-4)12(3)10-6-2/h7-8,10,13H,5-6,9,11H2,1-4H3/b8-7-,12-10?. The Kier molecular flexibility index (Phi) is 8.65. The monoisotopic (exact) mass is 196 g/mol. The minimum atomic E-state index is 0.302. The fraction of sp³-hybridized carbons (Fsp3) is 0.692. The molecule has 1 unspecified atom stereocenters. The molecule has 1 heteroatoms. The predicted molar refractivity (Wildman–Crippen MR) is 63.5 cm³/mol. The van der Waals surface area contributed by atoms with Crippen molar-refractivity contribution in [2.75, 3.05) is 7.11 Å². The molecule has 0 N–H and O–H groups in total. The van der Waals surface area contributed by atoms with Crippen LogP contribution < -0.4 is 0 Å². The molecule has 0 aromatic heterocycles. The highest BCUT2D eigenvalue weighted by Crippen LogP contribution is 2.13. The molecular formula is C13H24O. The van der Waals surface area contributed by atoms with Gasteiger partial charge in [-0.15, -0.1) is 0 Å². The first kappa shape index (κ1) is 13.4. The Morgan fingerprint density at radius 3 is 2.43 bits per heavy atom. The summed E-state index contributed by atoms with van der Waals surface area (Å²) in [5.41, 5.74) is 1.36. The molecule has 1 atom stereocenters. The van der Waals surface area contributed by atoms with Gasteiger partial charge in [0.1, 0.15) is 0 Å². The topological polar surface area (TPSA) is 9.23 Å². The minimum absolute atomic E-state index is 0.302. The maximum atomic E-state index is 5.44. The van der Waals surface area contributed by atoms with Gasteiger partial charge in [-0.25, -0.2) is 0 Å². The third-order valence-corrected chi connectivity index (χ3v) is 2.32. The van der Waals surface area contributed by atoms with Gasteiger partial charge in [-0.2, -0.15) is 0 Å². The SMILES string of the molecule is CCC=C(C)C(CC/C=C\CC)OC. The minimum Gasteiger partial charge on any atom is -0.377 e. The van der Waals surface area contributed by atoms with Crippen molar-refractivity contribution in [2.45, 2.75) is 52.6 Å². The van der Waals surface area contributed by atoms with E-state index in [0.29, 0.717) is 6.10 Å². The summed E-state index contributed by atoms with van der Waals surface area (Å²) in [5, 5.41) is 0. The Hall–Kier alpha value is -0.560. The van der Waals surface area contributed by atoms with Gasteiger partial charge in [0.15, 0.2) is 0 Å². The van der Waals surface area contributed by atoms with E-state index in [9.17, 15) is 0 Å². The summed E-state index contributed by atoms with van der Waals surface area (Å²) in [6.45, 7) is 6.47. The first-order valence-corrected chi connectivity index (χ1v) is 5.60. The van der Waals surface area contributed by atoms with Gasteiger partial charge in [-0.3, -0.25) is 0 Å². The lowest BCUT2D eigenvalue weighted by Gasteiger charge is -2.15. The van der Waals surface area contributed by atoms with E-state index in [1.165, 1.54) is 5.57 Å². The van der Waals surface area contributed by atoms with Crippen LogP contribution in [0.3, 0.4) is 0 Å². The van der Waals surface area contributed by atoms with E-state index >= 15 is 0 Å². The second-order valence-corrected chi connectivity index (χ2v) is 3.54. The molecule has 0 aliphatic carbocycles. The molecule has 1 nitrogen and oxygen atoms in total. The fourth-order valence-electron chi connectivity index (χ4n) is 1.52. The molecule has 0 rings (SSSR count). The first-order valence-electron chi connectivity index (χ1n) is 5.60. The molecule has 0 heterocycles. The molecule has 0 spiro atoms. The molecule has 0 saturated heterocycles. The summed E-state index contributed by atoms with van der Waals surface area (Å²) in [4.78, 5) is 0. The Balaban J connectivity index is 3.90. The van der Waals surface area contributed by atoms with E-state index in [4.69, 9.17) is 4.74 Å². The normalized spacial score (nSPS) is 15.0. The van der Waals surface area contributed by atoms with Crippen LogP contribution in [0.25, 0.3) is 0 Å². The predicted octanol–water partition coefficient (Wildman–Crippen LogP) is 4.10. The van der Waals surface area contributed by atoms with Crippen molar-refractivity contribution in [1.82, 2.24) is 0 Å². The van der Waals surface area contributed by atoms with Crippen LogP contribution in [0.5, 0.6) is 0 Å². The van der Waals surface area contributed by atoms with Crippen molar-refractivity contribution in [3.05, 3.63) is 23.8 Å². The van der Waals surface area contributed by atoms with Crippen molar-refractivity contribution in [2.24, 2.45) is 0 Å². The number of rotatable bonds is 7. The summed E-state index contributed by atoms with van der Waals surface area (Å²) in [6.07, 6.45) is 11.4. The van der Waals surface area contributed by atoms with Crippen molar-refractivity contribution in [3.63, 3.8) is 0 Å². The molecule has 0 aromatic carbocycles. The molecular weight excluding hydrogens is 172 g/mol. The van der Waals surface area contributed by atoms with Gasteiger partial charge in [-0.05, 0) is 38.2 Å². The highest BCUT2D eigenvalue weighted by atomic mass is 16.5. The third kappa shape index (κ3) is 5.98. The average Bonchev–Trinajstić information content (AvgIpc) is 2.18. The molecule has 14 heavy (non-hydrogen) atoms. The van der Waals surface area contributed by atoms with Crippen LogP contribution in [0.4, 0.5) is 0 Å². The molecule has 0 bridgehead atoms. The van der Waals surface area contributed by atoms with Gasteiger partial charge in [0.25, 0.3) is 0 Å². The zero-order chi connectivity index (χ0) is 10.8. The van der Waals surface area contributed by atoms with Crippen LogP contribution in [0.15, 0.2) is 23.8 Å². The maximum Gasteiger partial charge on any atom is 0.0781 e. The Morgan fingerprint density at radius 1 is 1.21 bits per heavy atom. The summed E-state index contributed by atoms with van der Waals surface area (Å²) in [5.74, 6) is 0. The molecule has 0 fully saturated rings. The smallest absolute Gasteiger partial charge is 0.0781 e. The zero-order valence-corrected chi connectivity index (χ0v) is 10.0. The highest BCUT2D eigenvalue weighted by Gasteiger charge is 2.06. The van der Waals surface area contributed by atoms with Crippen LogP contribution in [-0.4, -0.2) is 13.2 Å². The van der Waals surface area contributed by atoms with Gasteiger partial charge in [0.2, 0.25) is 0 Å². The highest BCUT2D eigenvalue weighted by molar-refractivity contribution is 5.05. The number of hydrogen-bond acceptors (Lipinski definition) is 1. The van der Waals surface area contributed by atoms with Crippen LogP contribution in [0.1, 0.15) is 46.5 Å². The quantitative estimate of drug-likeness (QED) is 0.557. The Morgan fingerprint density at radius 2 is 1.93 bits per heavy atom. The van der Waals surface area contributed by atoms with Gasteiger partial charge < -0.3 is 4.74 Å². The van der Waals surface area contributed by atoms with Gasteiger partial charge >= 0.3 is 0 Å². The molecule has 0 aromatic rings. The number of hydrogen-bond donors (Lipinski definition) is 0. The molecule has 0 aliphatic heterocycles. The Bertz CT molecular complexity index is 180. The van der Waals surface area contributed by atoms with Crippen molar-refractivity contribution in [1.29, 1.82) is 0 Å². The van der Waals surface area contributed by atoms with E-state index in [-0.39, 0.29) is 0 Å². The number of allylic oxidation sites excluding steroid dienone is 3. The van der Waals surface area contributed by atoms with Gasteiger partial charge in [0.05, 0.1) is 6.10 Å². The lowest BCUT2D eigenvalue weighted by Crippen LogP contribution is -2.11. The average molecular weight is 196 g/mol. The van der Waals surface area contributed by atoms with Gasteiger partial charge in [0, 0.05) is 7.11 Å². The fourth-order valence-corrected chi connectivity index (χ4v) is 1.52. The lowest BCUT2D eigenvalue weighted by molar-refractivity contribution is 0.125. The van der Waals surface area contributed by atoms with Crippen LogP contribution in [-0.2, 0) is 4.74 Å². The third-order valence-electron chi connectivity index (χ3n) is 2.32. The molecule has 82 valence electrons. The Labute approximate surface area is 88.9 Å². The largest absolute Gasteiger partial charge is 0.377 e. The molecule has 0 radical (unpaired) electrons. The van der Waals surface area contributed by atoms with E-state index in [2.05, 4.69) is 39.0 Å². The summed E-state index contributed by atoms with van der Waals surface area (Å²) in [7, 11) is 1.79. The maximum absolute atomic E-state index is 5.44. The van der Waals surface area contributed by atoms with E-state index in [0.717, 1.165) is 25.7 Å². The second kappa shape index (κ2) is 9.01. The van der Waals surface area contributed by atoms with Crippen LogP contribution >= 0.6 is 0 Å². The molecule has 0 amide bonds. The zero-order valence-electron chi connectivity index (χ0n) is 10.0.